The van der Waals surface area contributed by atoms with Crippen molar-refractivity contribution in [3.63, 3.8) is 0 Å². The number of nitrogens with zero attached hydrogens (tertiary/aromatic N) is 8. The van der Waals surface area contributed by atoms with Gasteiger partial charge in [0.15, 0.2) is 5.82 Å². The standard InChI is InChI=1S/C18H18N8O2S/c1-2-9-16(17-19-21-23-25(17)14-10-5-3-6-11-14)29(27,28)18-20-22-24-26(18)15-12-7-4-8-13-15/h3-8,10-13,16H,2,9H2,1H3. The summed E-state index contributed by atoms with van der Waals surface area (Å²) in [7, 11) is -3.99. The highest BCUT2D eigenvalue weighted by molar-refractivity contribution is 7.91. The third-order valence-electron chi connectivity index (χ3n) is 4.40. The first kappa shape index (κ1) is 18.9. The molecule has 2 aromatic carbocycles. The van der Waals surface area contributed by atoms with E-state index in [9.17, 15) is 8.42 Å². The zero-order valence-corrected chi connectivity index (χ0v) is 16.4. The van der Waals surface area contributed by atoms with Gasteiger partial charge in [0.2, 0.25) is 9.84 Å². The maximum atomic E-state index is 13.6. The summed E-state index contributed by atoms with van der Waals surface area (Å²) >= 11 is 0. The molecule has 1 atom stereocenters. The smallest absolute Gasteiger partial charge is 0.220 e. The van der Waals surface area contributed by atoms with E-state index in [0.29, 0.717) is 24.2 Å². The van der Waals surface area contributed by atoms with Crippen LogP contribution in [0.4, 0.5) is 0 Å². The average molecular weight is 410 g/mol. The van der Waals surface area contributed by atoms with Gasteiger partial charge in [-0.1, -0.05) is 54.8 Å². The van der Waals surface area contributed by atoms with Gasteiger partial charge in [-0.25, -0.2) is 8.42 Å². The highest BCUT2D eigenvalue weighted by atomic mass is 32.2. The Hall–Kier alpha value is -3.47. The molecule has 4 aromatic rings. The van der Waals surface area contributed by atoms with Crippen LogP contribution in [0.3, 0.4) is 0 Å². The van der Waals surface area contributed by atoms with Crippen LogP contribution in [0.25, 0.3) is 11.4 Å². The van der Waals surface area contributed by atoms with E-state index < -0.39 is 15.1 Å². The summed E-state index contributed by atoms with van der Waals surface area (Å²) in [5.74, 6) is 0.223. The molecule has 0 fully saturated rings. The number of tetrazole rings is 2. The Morgan fingerprint density at radius 2 is 1.38 bits per heavy atom. The molecule has 11 heteroatoms. The Labute approximate surface area is 167 Å². The molecule has 29 heavy (non-hydrogen) atoms. The third-order valence-corrected chi connectivity index (χ3v) is 6.36. The Balaban J connectivity index is 1.82. The quantitative estimate of drug-likeness (QED) is 0.453. The van der Waals surface area contributed by atoms with Gasteiger partial charge in [-0.05, 0) is 51.5 Å². The molecular formula is C18H18N8O2S. The normalized spacial score (nSPS) is 12.7. The summed E-state index contributed by atoms with van der Waals surface area (Å²) in [5.41, 5.74) is 1.22. The topological polar surface area (TPSA) is 121 Å². The lowest BCUT2D eigenvalue weighted by Gasteiger charge is -2.16. The van der Waals surface area contributed by atoms with Crippen molar-refractivity contribution in [3.05, 3.63) is 66.5 Å². The lowest BCUT2D eigenvalue weighted by Crippen LogP contribution is -2.22. The fourth-order valence-corrected chi connectivity index (χ4v) is 4.81. The summed E-state index contributed by atoms with van der Waals surface area (Å²) in [4.78, 5) is 0. The van der Waals surface area contributed by atoms with Crippen molar-refractivity contribution >= 4 is 9.84 Å². The van der Waals surface area contributed by atoms with E-state index in [-0.39, 0.29) is 11.0 Å². The number of rotatable bonds is 7. The SMILES string of the molecule is CCCC(c1nnnn1-c1ccccc1)S(=O)(=O)c1nnnn1-c1ccccc1. The van der Waals surface area contributed by atoms with Gasteiger partial charge in [0.25, 0.3) is 5.16 Å². The predicted octanol–water partition coefficient (Wildman–Crippen LogP) is 1.95. The molecule has 1 unspecified atom stereocenters. The predicted molar refractivity (Wildman–Crippen MR) is 103 cm³/mol. The van der Waals surface area contributed by atoms with E-state index in [4.69, 9.17) is 0 Å². The maximum Gasteiger partial charge on any atom is 0.273 e. The number of sulfone groups is 1. The Morgan fingerprint density at radius 3 is 2.00 bits per heavy atom. The summed E-state index contributed by atoms with van der Waals surface area (Å²) in [6.07, 6.45) is 0.926. The van der Waals surface area contributed by atoms with Crippen molar-refractivity contribution in [2.24, 2.45) is 0 Å². The molecule has 0 radical (unpaired) electrons. The highest BCUT2D eigenvalue weighted by Crippen LogP contribution is 2.32. The van der Waals surface area contributed by atoms with Crippen LogP contribution < -0.4 is 0 Å². The summed E-state index contributed by atoms with van der Waals surface area (Å²) in [5, 5.41) is 21.8. The Morgan fingerprint density at radius 1 is 0.828 bits per heavy atom. The minimum atomic E-state index is -3.99. The highest BCUT2D eigenvalue weighted by Gasteiger charge is 2.37. The number of benzene rings is 2. The maximum absolute atomic E-state index is 13.6. The Kier molecular flexibility index (Phi) is 5.12. The van der Waals surface area contributed by atoms with Gasteiger partial charge in [0.05, 0.1) is 11.4 Å². The van der Waals surface area contributed by atoms with Gasteiger partial charge in [-0.15, -0.1) is 5.10 Å². The van der Waals surface area contributed by atoms with E-state index in [1.54, 1.807) is 24.3 Å². The molecule has 0 saturated heterocycles. The monoisotopic (exact) mass is 410 g/mol. The fraction of sp³-hybridized carbons (Fsp3) is 0.222. The van der Waals surface area contributed by atoms with E-state index >= 15 is 0 Å². The molecule has 0 N–H and O–H groups in total. The number of aromatic nitrogens is 8. The first-order chi connectivity index (χ1) is 14.1. The zero-order valence-electron chi connectivity index (χ0n) is 15.6. The third kappa shape index (κ3) is 3.51. The molecule has 0 aliphatic rings. The van der Waals surface area contributed by atoms with Crippen molar-refractivity contribution in [1.29, 1.82) is 0 Å². The van der Waals surface area contributed by atoms with Gasteiger partial charge in [-0.2, -0.15) is 9.36 Å². The summed E-state index contributed by atoms with van der Waals surface area (Å²) < 4.78 is 29.8. The van der Waals surface area contributed by atoms with Crippen molar-refractivity contribution < 1.29 is 8.42 Å². The van der Waals surface area contributed by atoms with Crippen molar-refractivity contribution in [1.82, 2.24) is 40.4 Å². The van der Waals surface area contributed by atoms with Gasteiger partial charge in [0, 0.05) is 0 Å². The van der Waals surface area contributed by atoms with Crippen molar-refractivity contribution in [2.75, 3.05) is 0 Å². The molecule has 0 aliphatic heterocycles. The van der Waals surface area contributed by atoms with Crippen LogP contribution in [-0.2, 0) is 9.84 Å². The van der Waals surface area contributed by atoms with Crippen LogP contribution in [0.2, 0.25) is 0 Å². The van der Waals surface area contributed by atoms with Crippen molar-refractivity contribution in [3.8, 4) is 11.4 Å². The van der Waals surface area contributed by atoms with E-state index in [2.05, 4.69) is 31.1 Å². The fourth-order valence-electron chi connectivity index (χ4n) is 3.05. The first-order valence-corrected chi connectivity index (χ1v) is 10.6. The van der Waals surface area contributed by atoms with E-state index in [1.807, 2.05) is 43.3 Å². The molecule has 0 spiro atoms. The van der Waals surface area contributed by atoms with Crippen LogP contribution in [0.5, 0.6) is 0 Å². The minimum Gasteiger partial charge on any atom is -0.220 e. The molecule has 0 bridgehead atoms. The summed E-state index contributed by atoms with van der Waals surface area (Å²) in [6, 6.07) is 18.0. The minimum absolute atomic E-state index is 0.223. The number of hydrogen-bond acceptors (Lipinski definition) is 8. The second-order valence-electron chi connectivity index (χ2n) is 6.32. The van der Waals surface area contributed by atoms with Crippen LogP contribution in [-0.4, -0.2) is 48.8 Å². The number of para-hydroxylation sites is 2. The van der Waals surface area contributed by atoms with Gasteiger partial charge >= 0.3 is 0 Å². The van der Waals surface area contributed by atoms with Crippen LogP contribution >= 0.6 is 0 Å². The van der Waals surface area contributed by atoms with Crippen LogP contribution in [0.15, 0.2) is 65.8 Å². The van der Waals surface area contributed by atoms with Crippen molar-refractivity contribution in [2.45, 2.75) is 30.2 Å². The van der Waals surface area contributed by atoms with E-state index in [0.717, 1.165) is 0 Å². The van der Waals surface area contributed by atoms with Crippen LogP contribution in [0.1, 0.15) is 30.8 Å². The molecule has 2 aromatic heterocycles. The zero-order chi connectivity index (χ0) is 20.3. The lowest BCUT2D eigenvalue weighted by atomic mass is 10.2. The average Bonchev–Trinajstić information content (AvgIpc) is 3.43. The van der Waals surface area contributed by atoms with Crippen LogP contribution in [0, 0.1) is 0 Å². The largest absolute Gasteiger partial charge is 0.273 e. The number of hydrogen-bond donors (Lipinski definition) is 0. The van der Waals surface area contributed by atoms with Gasteiger partial charge < -0.3 is 0 Å². The molecule has 10 nitrogen and oxygen atoms in total. The molecule has 4 rings (SSSR count). The van der Waals surface area contributed by atoms with Gasteiger partial charge in [0.1, 0.15) is 5.25 Å². The first-order valence-electron chi connectivity index (χ1n) is 9.04. The lowest BCUT2D eigenvalue weighted by molar-refractivity contribution is 0.549. The van der Waals surface area contributed by atoms with E-state index in [1.165, 1.54) is 9.36 Å². The second-order valence-corrected chi connectivity index (χ2v) is 8.34. The molecule has 2 heterocycles. The molecule has 0 aliphatic carbocycles. The van der Waals surface area contributed by atoms with Gasteiger partial charge in [-0.3, -0.25) is 0 Å². The molecular weight excluding hydrogens is 392 g/mol. The molecule has 0 amide bonds. The molecule has 0 saturated carbocycles. The summed E-state index contributed by atoms with van der Waals surface area (Å²) in [6.45, 7) is 1.90. The Bertz CT molecular complexity index is 1190. The second kappa shape index (κ2) is 7.87. The molecule has 148 valence electrons.